The van der Waals surface area contributed by atoms with Gasteiger partial charge in [0.15, 0.2) is 0 Å². The van der Waals surface area contributed by atoms with Crippen LogP contribution in [-0.2, 0) is 0 Å². The van der Waals surface area contributed by atoms with Crippen molar-refractivity contribution >= 4 is 34.0 Å². The molecule has 0 saturated heterocycles. The van der Waals surface area contributed by atoms with Crippen molar-refractivity contribution in [3.05, 3.63) is 21.8 Å². The topological polar surface area (TPSA) is 58.3 Å². The molecule has 0 amide bonds. The molecule has 1 aromatic carbocycles. The van der Waals surface area contributed by atoms with Gasteiger partial charge < -0.3 is 16.2 Å². The zero-order chi connectivity index (χ0) is 13.2. The molecule has 1 aromatic rings. The molecule has 1 saturated carbocycles. The third kappa shape index (κ3) is 3.51. The van der Waals surface area contributed by atoms with E-state index in [1.165, 1.54) is 6.42 Å². The van der Waals surface area contributed by atoms with Gasteiger partial charge in [-0.25, -0.2) is 0 Å². The van der Waals surface area contributed by atoms with Crippen molar-refractivity contribution in [1.82, 2.24) is 0 Å². The molecule has 0 spiro atoms. The highest BCUT2D eigenvalue weighted by Gasteiger charge is 2.32. The molecule has 0 aliphatic heterocycles. The molecule has 1 fully saturated rings. The van der Waals surface area contributed by atoms with E-state index in [1.807, 2.05) is 18.2 Å². The molecular weight excluding hydrogens is 339 g/mol. The number of anilines is 2. The SMILES string of the molecule is CC1CCCC(O)(CNc2ccc(N)cc2I)C1. The van der Waals surface area contributed by atoms with Crippen LogP contribution in [0.4, 0.5) is 11.4 Å². The Kier molecular flexibility index (Phi) is 4.37. The van der Waals surface area contributed by atoms with Crippen LogP contribution in [0.5, 0.6) is 0 Å². The number of hydrogen-bond acceptors (Lipinski definition) is 3. The Bertz CT molecular complexity index is 424. The fourth-order valence-electron chi connectivity index (χ4n) is 2.73. The van der Waals surface area contributed by atoms with Crippen LogP contribution in [0.25, 0.3) is 0 Å². The van der Waals surface area contributed by atoms with E-state index in [4.69, 9.17) is 5.73 Å². The summed E-state index contributed by atoms with van der Waals surface area (Å²) in [6, 6.07) is 5.81. The van der Waals surface area contributed by atoms with Gasteiger partial charge >= 0.3 is 0 Å². The van der Waals surface area contributed by atoms with Crippen molar-refractivity contribution in [2.24, 2.45) is 5.92 Å². The Labute approximate surface area is 122 Å². The Morgan fingerprint density at radius 1 is 1.56 bits per heavy atom. The van der Waals surface area contributed by atoms with Gasteiger partial charge in [-0.15, -0.1) is 0 Å². The van der Waals surface area contributed by atoms with Crippen molar-refractivity contribution < 1.29 is 5.11 Å². The van der Waals surface area contributed by atoms with Gasteiger partial charge in [0, 0.05) is 21.5 Å². The predicted molar refractivity (Wildman–Crippen MR) is 84.6 cm³/mol. The second-order valence-corrected chi connectivity index (χ2v) is 6.68. The summed E-state index contributed by atoms with van der Waals surface area (Å²) in [5, 5.41) is 13.9. The Balaban J connectivity index is 1.98. The molecule has 1 aliphatic carbocycles. The summed E-state index contributed by atoms with van der Waals surface area (Å²) in [4.78, 5) is 0. The average Bonchev–Trinajstić information content (AvgIpc) is 2.27. The largest absolute Gasteiger partial charge is 0.399 e. The first kappa shape index (κ1) is 13.9. The zero-order valence-electron chi connectivity index (χ0n) is 10.7. The van der Waals surface area contributed by atoms with E-state index < -0.39 is 5.60 Å². The first-order valence-corrected chi connectivity index (χ1v) is 7.58. The van der Waals surface area contributed by atoms with E-state index in [2.05, 4.69) is 34.8 Å². The molecule has 2 atom stereocenters. The van der Waals surface area contributed by atoms with Crippen molar-refractivity contribution in [3.63, 3.8) is 0 Å². The van der Waals surface area contributed by atoms with E-state index in [9.17, 15) is 5.11 Å². The minimum Gasteiger partial charge on any atom is -0.399 e. The fourth-order valence-corrected chi connectivity index (χ4v) is 3.46. The second kappa shape index (κ2) is 5.65. The van der Waals surface area contributed by atoms with Crippen molar-refractivity contribution in [2.45, 2.75) is 38.2 Å². The van der Waals surface area contributed by atoms with Gasteiger partial charge in [-0.1, -0.05) is 19.8 Å². The summed E-state index contributed by atoms with van der Waals surface area (Å²) in [7, 11) is 0. The molecule has 0 heterocycles. The number of halogens is 1. The van der Waals surface area contributed by atoms with Crippen LogP contribution < -0.4 is 11.1 Å². The Hall–Kier alpha value is -0.490. The van der Waals surface area contributed by atoms with E-state index >= 15 is 0 Å². The first-order chi connectivity index (χ1) is 8.48. The molecule has 2 rings (SSSR count). The van der Waals surface area contributed by atoms with E-state index in [-0.39, 0.29) is 0 Å². The Morgan fingerprint density at radius 2 is 2.33 bits per heavy atom. The van der Waals surface area contributed by atoms with Crippen LogP contribution in [0.1, 0.15) is 32.6 Å². The van der Waals surface area contributed by atoms with Crippen LogP contribution in [-0.4, -0.2) is 17.3 Å². The quantitative estimate of drug-likeness (QED) is 0.573. The molecule has 1 aliphatic rings. The van der Waals surface area contributed by atoms with Crippen LogP contribution in [0.3, 0.4) is 0 Å². The second-order valence-electron chi connectivity index (χ2n) is 5.52. The molecule has 18 heavy (non-hydrogen) atoms. The Morgan fingerprint density at radius 3 is 3.00 bits per heavy atom. The van der Waals surface area contributed by atoms with E-state index in [1.54, 1.807) is 0 Å². The van der Waals surface area contributed by atoms with Crippen LogP contribution in [0.15, 0.2) is 18.2 Å². The minimum atomic E-state index is -0.553. The van der Waals surface area contributed by atoms with Crippen molar-refractivity contribution in [3.8, 4) is 0 Å². The monoisotopic (exact) mass is 360 g/mol. The lowest BCUT2D eigenvalue weighted by Crippen LogP contribution is -2.41. The highest BCUT2D eigenvalue weighted by Crippen LogP contribution is 2.32. The highest BCUT2D eigenvalue weighted by atomic mass is 127. The molecule has 4 N–H and O–H groups in total. The van der Waals surface area contributed by atoms with Crippen LogP contribution >= 0.6 is 22.6 Å². The molecule has 2 unspecified atom stereocenters. The minimum absolute atomic E-state index is 0.553. The van der Waals surface area contributed by atoms with Gasteiger partial charge in [0.25, 0.3) is 0 Å². The van der Waals surface area contributed by atoms with Gasteiger partial charge in [-0.2, -0.15) is 0 Å². The molecule has 0 radical (unpaired) electrons. The maximum Gasteiger partial charge on any atom is 0.0821 e. The maximum atomic E-state index is 10.6. The normalized spacial score (nSPS) is 28.1. The number of aliphatic hydroxyl groups is 1. The van der Waals surface area contributed by atoms with E-state index in [0.717, 1.165) is 34.2 Å². The van der Waals surface area contributed by atoms with Crippen LogP contribution in [0, 0.1) is 9.49 Å². The maximum absolute atomic E-state index is 10.6. The number of rotatable bonds is 3. The standard InChI is InChI=1S/C14H21IN2O/c1-10-3-2-6-14(18,8-10)9-17-13-5-4-11(16)7-12(13)15/h4-5,7,10,17-18H,2-3,6,8-9,16H2,1H3. The predicted octanol–water partition coefficient (Wildman–Crippen LogP) is 3.23. The van der Waals surface area contributed by atoms with Crippen molar-refractivity contribution in [2.75, 3.05) is 17.6 Å². The number of nitrogen functional groups attached to an aromatic ring is 1. The van der Waals surface area contributed by atoms with Gasteiger partial charge in [0.2, 0.25) is 0 Å². The summed E-state index contributed by atoms with van der Waals surface area (Å²) in [6.07, 6.45) is 4.15. The van der Waals surface area contributed by atoms with Gasteiger partial charge in [-0.05, 0) is 59.5 Å². The van der Waals surface area contributed by atoms with Crippen LogP contribution in [0.2, 0.25) is 0 Å². The summed E-state index contributed by atoms with van der Waals surface area (Å²) in [6.45, 7) is 2.84. The average molecular weight is 360 g/mol. The summed E-state index contributed by atoms with van der Waals surface area (Å²) in [5.41, 5.74) is 7.00. The lowest BCUT2D eigenvalue weighted by Gasteiger charge is -2.36. The molecule has 0 aromatic heterocycles. The highest BCUT2D eigenvalue weighted by molar-refractivity contribution is 14.1. The summed E-state index contributed by atoms with van der Waals surface area (Å²) >= 11 is 2.26. The molecule has 0 bridgehead atoms. The number of benzene rings is 1. The molecular formula is C14H21IN2O. The first-order valence-electron chi connectivity index (χ1n) is 6.50. The van der Waals surface area contributed by atoms with Gasteiger partial charge in [-0.3, -0.25) is 0 Å². The molecule has 4 heteroatoms. The molecule has 3 nitrogen and oxygen atoms in total. The van der Waals surface area contributed by atoms with Gasteiger partial charge in [0.1, 0.15) is 0 Å². The van der Waals surface area contributed by atoms with Gasteiger partial charge in [0.05, 0.1) is 5.60 Å². The zero-order valence-corrected chi connectivity index (χ0v) is 12.9. The summed E-state index contributed by atoms with van der Waals surface area (Å²) < 4.78 is 1.10. The van der Waals surface area contributed by atoms with Crippen molar-refractivity contribution in [1.29, 1.82) is 0 Å². The molecule has 100 valence electrons. The third-order valence-electron chi connectivity index (χ3n) is 3.67. The number of nitrogens with two attached hydrogens (primary N) is 1. The fraction of sp³-hybridized carbons (Fsp3) is 0.571. The van der Waals surface area contributed by atoms with E-state index in [0.29, 0.717) is 12.5 Å². The third-order valence-corrected chi connectivity index (χ3v) is 4.56. The smallest absolute Gasteiger partial charge is 0.0821 e. The number of hydrogen-bond donors (Lipinski definition) is 3. The summed E-state index contributed by atoms with van der Waals surface area (Å²) in [5.74, 6) is 0.621. The lowest BCUT2D eigenvalue weighted by molar-refractivity contribution is -0.000771. The lowest BCUT2D eigenvalue weighted by atomic mass is 9.79. The number of nitrogens with one attached hydrogen (secondary N) is 1.